The summed E-state index contributed by atoms with van der Waals surface area (Å²) in [6.07, 6.45) is 0.604. The zero-order chi connectivity index (χ0) is 20.1. The molecule has 1 aromatic carbocycles. The van der Waals surface area contributed by atoms with E-state index < -0.39 is 17.6 Å². The molecule has 0 spiro atoms. The summed E-state index contributed by atoms with van der Waals surface area (Å²) >= 11 is 0. The zero-order valence-corrected chi connectivity index (χ0v) is 16.2. The molecule has 2 unspecified atom stereocenters. The van der Waals surface area contributed by atoms with Crippen LogP contribution in [0.4, 0.5) is 0 Å². The number of piperidine rings is 1. The van der Waals surface area contributed by atoms with Crippen molar-refractivity contribution in [2.24, 2.45) is 0 Å². The number of likely N-dealkylation sites (N-methyl/N-ethyl adjacent to an activating group) is 1. The van der Waals surface area contributed by atoms with Gasteiger partial charge in [0.05, 0.1) is 0 Å². The largest absolute Gasteiger partial charge is 0.386 e. The number of fused-ring (bicyclic) bond motifs is 1. The highest BCUT2D eigenvalue weighted by Crippen LogP contribution is 2.31. The molecule has 1 aromatic rings. The molecular weight excluding hydrogens is 360 g/mol. The van der Waals surface area contributed by atoms with Crippen LogP contribution in [-0.2, 0) is 22.7 Å². The van der Waals surface area contributed by atoms with Crippen molar-refractivity contribution in [3.8, 4) is 0 Å². The molecule has 3 amide bonds. The highest BCUT2D eigenvalue weighted by molar-refractivity contribution is 6.05. The Kier molecular flexibility index (Phi) is 4.73. The van der Waals surface area contributed by atoms with Crippen LogP contribution < -0.4 is 10.6 Å². The van der Waals surface area contributed by atoms with E-state index in [4.69, 9.17) is 0 Å². The van der Waals surface area contributed by atoms with Crippen molar-refractivity contribution in [2.45, 2.75) is 50.5 Å². The van der Waals surface area contributed by atoms with Crippen LogP contribution in [0.1, 0.15) is 41.3 Å². The first-order chi connectivity index (χ1) is 13.3. The molecule has 0 saturated carbocycles. The van der Waals surface area contributed by atoms with Gasteiger partial charge in [0.1, 0.15) is 11.6 Å². The maximum absolute atomic E-state index is 12.9. The molecule has 8 nitrogen and oxygen atoms in total. The topological polar surface area (TPSA) is 102 Å². The standard InChI is InChI=1S/C20H26N4O4/c1-12(20(28)10-21-11-20)23(2)8-13-4-3-5-14-15(13)9-24(19(14)27)16-6-7-17(25)22-18(16)26/h3-5,12,16,21,28H,6-11H2,1-2H3,(H,22,25,26). The molecule has 28 heavy (non-hydrogen) atoms. The van der Waals surface area contributed by atoms with Gasteiger partial charge < -0.3 is 15.3 Å². The van der Waals surface area contributed by atoms with Crippen molar-refractivity contribution in [2.75, 3.05) is 20.1 Å². The first-order valence-corrected chi connectivity index (χ1v) is 9.69. The third-order valence-corrected chi connectivity index (χ3v) is 6.40. The monoisotopic (exact) mass is 386 g/mol. The van der Waals surface area contributed by atoms with E-state index in [1.54, 1.807) is 11.0 Å². The van der Waals surface area contributed by atoms with Gasteiger partial charge in [-0.25, -0.2) is 0 Å². The Morgan fingerprint density at radius 3 is 2.71 bits per heavy atom. The molecule has 2 fully saturated rings. The van der Waals surface area contributed by atoms with Crippen LogP contribution in [0.5, 0.6) is 0 Å². The van der Waals surface area contributed by atoms with Crippen LogP contribution in [-0.4, -0.2) is 70.4 Å². The van der Waals surface area contributed by atoms with Crippen LogP contribution in [0, 0.1) is 0 Å². The molecule has 3 N–H and O–H groups in total. The number of hydrogen-bond acceptors (Lipinski definition) is 6. The van der Waals surface area contributed by atoms with E-state index in [1.807, 2.05) is 26.1 Å². The SMILES string of the molecule is CC(N(C)Cc1cccc2c1CN(C1CCC(=O)NC1=O)C2=O)C1(O)CNC1. The lowest BCUT2D eigenvalue weighted by molar-refractivity contribution is -0.136. The van der Waals surface area contributed by atoms with Crippen molar-refractivity contribution in [3.63, 3.8) is 0 Å². The maximum atomic E-state index is 12.9. The van der Waals surface area contributed by atoms with Gasteiger partial charge in [0.15, 0.2) is 0 Å². The van der Waals surface area contributed by atoms with E-state index >= 15 is 0 Å². The van der Waals surface area contributed by atoms with Crippen molar-refractivity contribution in [1.29, 1.82) is 0 Å². The maximum Gasteiger partial charge on any atom is 0.255 e. The highest BCUT2D eigenvalue weighted by Gasteiger charge is 2.43. The van der Waals surface area contributed by atoms with Gasteiger partial charge in [-0.2, -0.15) is 0 Å². The summed E-state index contributed by atoms with van der Waals surface area (Å²) in [5, 5.41) is 16.0. The number of amides is 3. The fourth-order valence-electron chi connectivity index (χ4n) is 4.29. The summed E-state index contributed by atoms with van der Waals surface area (Å²) in [5.41, 5.74) is 1.83. The summed E-state index contributed by atoms with van der Waals surface area (Å²) in [5.74, 6) is -0.849. The number of carbonyl (C=O) groups is 3. The summed E-state index contributed by atoms with van der Waals surface area (Å²) in [6, 6.07) is 5.00. The number of hydrogen-bond donors (Lipinski definition) is 3. The molecule has 0 aliphatic carbocycles. The molecule has 0 bridgehead atoms. The molecule has 2 atom stereocenters. The number of carbonyl (C=O) groups excluding carboxylic acids is 3. The van der Waals surface area contributed by atoms with Crippen molar-refractivity contribution in [1.82, 2.24) is 20.4 Å². The van der Waals surface area contributed by atoms with Gasteiger partial charge in [-0.15, -0.1) is 0 Å². The Balaban J connectivity index is 1.53. The quantitative estimate of drug-likeness (QED) is 0.596. The summed E-state index contributed by atoms with van der Waals surface area (Å²) in [7, 11) is 1.97. The van der Waals surface area contributed by atoms with E-state index in [0.29, 0.717) is 38.2 Å². The van der Waals surface area contributed by atoms with Crippen LogP contribution in [0.3, 0.4) is 0 Å². The first-order valence-electron chi connectivity index (χ1n) is 9.69. The van der Waals surface area contributed by atoms with Crippen LogP contribution in [0.15, 0.2) is 18.2 Å². The van der Waals surface area contributed by atoms with E-state index in [0.717, 1.165) is 11.1 Å². The molecule has 8 heteroatoms. The molecule has 0 aromatic heterocycles. The number of imide groups is 1. The molecule has 4 rings (SSSR count). The molecule has 3 aliphatic rings. The lowest BCUT2D eigenvalue weighted by Gasteiger charge is -2.46. The predicted molar refractivity (Wildman–Crippen MR) is 101 cm³/mol. The number of nitrogens with zero attached hydrogens (tertiary/aromatic N) is 2. The third-order valence-electron chi connectivity index (χ3n) is 6.40. The Morgan fingerprint density at radius 2 is 2.07 bits per heavy atom. The summed E-state index contributed by atoms with van der Waals surface area (Å²) in [6.45, 7) is 4.12. The molecular formula is C20H26N4O4. The fourth-order valence-corrected chi connectivity index (χ4v) is 4.29. The summed E-state index contributed by atoms with van der Waals surface area (Å²) in [4.78, 5) is 40.2. The van der Waals surface area contributed by atoms with E-state index in [9.17, 15) is 19.5 Å². The molecule has 3 heterocycles. The number of β-amino-alcohol motifs (C(OH)–C–C–N with tert-alkyl or cyclic N) is 1. The van der Waals surface area contributed by atoms with Crippen LogP contribution in [0.2, 0.25) is 0 Å². The van der Waals surface area contributed by atoms with Crippen LogP contribution >= 0.6 is 0 Å². The second-order valence-corrected chi connectivity index (χ2v) is 8.14. The Morgan fingerprint density at radius 1 is 1.32 bits per heavy atom. The second kappa shape index (κ2) is 6.95. The van der Waals surface area contributed by atoms with Gasteiger partial charge in [0.25, 0.3) is 5.91 Å². The predicted octanol–water partition coefficient (Wildman–Crippen LogP) is -0.398. The van der Waals surface area contributed by atoms with E-state index in [1.165, 1.54) is 0 Å². The highest BCUT2D eigenvalue weighted by atomic mass is 16.3. The van der Waals surface area contributed by atoms with Crippen molar-refractivity contribution >= 4 is 17.7 Å². The van der Waals surface area contributed by atoms with Gasteiger partial charge in [-0.1, -0.05) is 12.1 Å². The lowest BCUT2D eigenvalue weighted by atomic mass is 9.88. The van der Waals surface area contributed by atoms with Gasteiger partial charge in [-0.05, 0) is 37.6 Å². The van der Waals surface area contributed by atoms with Crippen LogP contribution in [0.25, 0.3) is 0 Å². The number of rotatable bonds is 5. The molecule has 0 radical (unpaired) electrons. The van der Waals surface area contributed by atoms with Gasteiger partial charge in [0, 0.05) is 44.2 Å². The number of benzene rings is 1. The summed E-state index contributed by atoms with van der Waals surface area (Å²) < 4.78 is 0. The zero-order valence-electron chi connectivity index (χ0n) is 16.2. The van der Waals surface area contributed by atoms with E-state index in [2.05, 4.69) is 15.5 Å². The van der Waals surface area contributed by atoms with Crippen molar-refractivity contribution in [3.05, 3.63) is 34.9 Å². The van der Waals surface area contributed by atoms with Gasteiger partial charge in [0.2, 0.25) is 11.8 Å². The smallest absolute Gasteiger partial charge is 0.255 e. The second-order valence-electron chi connectivity index (χ2n) is 8.14. The minimum absolute atomic E-state index is 0.0343. The third kappa shape index (κ3) is 3.11. The lowest BCUT2D eigenvalue weighted by Crippen LogP contribution is -2.68. The van der Waals surface area contributed by atoms with E-state index in [-0.39, 0.29) is 24.3 Å². The van der Waals surface area contributed by atoms with Gasteiger partial charge >= 0.3 is 0 Å². The number of aliphatic hydroxyl groups is 1. The molecule has 150 valence electrons. The van der Waals surface area contributed by atoms with Crippen molar-refractivity contribution < 1.29 is 19.5 Å². The normalized spacial score (nSPS) is 24.8. The first kappa shape index (κ1) is 19.0. The fraction of sp³-hybridized carbons (Fsp3) is 0.550. The Hall–Kier alpha value is -2.29. The average Bonchev–Trinajstić information content (AvgIpc) is 2.97. The number of nitrogens with one attached hydrogen (secondary N) is 2. The minimum atomic E-state index is -0.735. The average molecular weight is 386 g/mol. The Labute approximate surface area is 163 Å². The Bertz CT molecular complexity index is 835. The molecule has 2 saturated heterocycles. The molecule has 3 aliphatic heterocycles. The minimum Gasteiger partial charge on any atom is -0.386 e. The van der Waals surface area contributed by atoms with Gasteiger partial charge in [-0.3, -0.25) is 24.6 Å².